The van der Waals surface area contributed by atoms with Gasteiger partial charge in [0.1, 0.15) is 0 Å². The Labute approximate surface area is 147 Å². The van der Waals surface area contributed by atoms with Gasteiger partial charge in [0.05, 0.1) is 0 Å². The van der Waals surface area contributed by atoms with Gasteiger partial charge in [-0.05, 0) is 0 Å². The minimum atomic E-state index is -4.89. The second-order valence-electron chi connectivity index (χ2n) is 6.29. The number of unbranched alkanes of at least 4 members (excludes halogenated alkanes) is 4. The zero-order valence-corrected chi connectivity index (χ0v) is 16.4. The van der Waals surface area contributed by atoms with Gasteiger partial charge in [-0.3, -0.25) is 0 Å². The first-order chi connectivity index (χ1) is 11.5. The molecular weight excluding hydrogens is 352 g/mol. The molecule has 0 heterocycles. The molecule has 0 bridgehead atoms. The van der Waals surface area contributed by atoms with Crippen LogP contribution in [-0.2, 0) is 26.0 Å². The van der Waals surface area contributed by atoms with Crippen molar-refractivity contribution in [3.63, 3.8) is 0 Å². The van der Waals surface area contributed by atoms with Gasteiger partial charge in [-0.25, -0.2) is 0 Å². The SMILES string of the molecule is [O]=[Ti]([CH2]CCCO)([CH2]CCCO)([O]CCCCO)[O]CCCCO. The Hall–Kier alpha value is 0.274. The van der Waals surface area contributed by atoms with Crippen LogP contribution in [0.1, 0.15) is 51.4 Å². The standard InChI is InChI=1S/2C4H9O2.2C4H9O.O.Ti/c2*5-3-1-2-4-6;2*1-2-3-4-5;;/h2*5H,1-4H2;2*5H,1-4H2;;/q2*-1;;;;+2. The first kappa shape index (κ1) is 24.3. The molecule has 0 atom stereocenters. The van der Waals surface area contributed by atoms with Gasteiger partial charge in [0.2, 0.25) is 0 Å². The van der Waals surface area contributed by atoms with Crippen molar-refractivity contribution in [1.29, 1.82) is 0 Å². The van der Waals surface area contributed by atoms with Gasteiger partial charge in [-0.2, -0.15) is 0 Å². The third-order valence-corrected chi connectivity index (χ3v) is 10.9. The van der Waals surface area contributed by atoms with Crippen molar-refractivity contribution in [3.05, 3.63) is 0 Å². The summed E-state index contributed by atoms with van der Waals surface area (Å²) in [6, 6.07) is 0. The normalized spacial score (nSPS) is 12.7. The molecule has 0 fully saturated rings. The maximum atomic E-state index is 13.8. The second-order valence-corrected chi connectivity index (χ2v) is 13.0. The molecule has 0 saturated heterocycles. The molecule has 0 radical (unpaired) electrons. The minimum absolute atomic E-state index is 0.0357. The van der Waals surface area contributed by atoms with Crippen LogP contribution in [0.15, 0.2) is 0 Å². The molecule has 0 aromatic carbocycles. The van der Waals surface area contributed by atoms with E-state index in [4.69, 9.17) is 27.1 Å². The van der Waals surface area contributed by atoms with E-state index >= 15 is 0 Å². The number of rotatable bonds is 18. The molecule has 0 aromatic heterocycles. The summed E-state index contributed by atoms with van der Waals surface area (Å²) in [5, 5.41) is 35.8. The van der Waals surface area contributed by atoms with Crippen LogP contribution in [0.5, 0.6) is 0 Å². The molecule has 0 saturated carbocycles. The van der Waals surface area contributed by atoms with Gasteiger partial charge >= 0.3 is 147 Å². The van der Waals surface area contributed by atoms with Crippen LogP contribution < -0.4 is 0 Å². The van der Waals surface area contributed by atoms with E-state index in [1.54, 1.807) is 0 Å². The molecule has 4 N–H and O–H groups in total. The van der Waals surface area contributed by atoms with E-state index in [-0.39, 0.29) is 39.6 Å². The average molecular weight is 388 g/mol. The third kappa shape index (κ3) is 11.0. The van der Waals surface area contributed by atoms with Crippen molar-refractivity contribution in [1.82, 2.24) is 0 Å². The molecule has 0 amide bonds. The third-order valence-electron chi connectivity index (χ3n) is 4.09. The maximum absolute atomic E-state index is 13.8. The Kier molecular flexibility index (Phi) is 14.6. The van der Waals surface area contributed by atoms with E-state index in [1.807, 2.05) is 0 Å². The number of aliphatic hydroxyl groups is 4. The summed E-state index contributed by atoms with van der Waals surface area (Å²) in [6.07, 6.45) is 4.60. The molecule has 8 heteroatoms. The van der Waals surface area contributed by atoms with E-state index in [1.165, 1.54) is 0 Å². The van der Waals surface area contributed by atoms with Gasteiger partial charge in [-0.15, -0.1) is 0 Å². The molecule has 24 heavy (non-hydrogen) atoms. The Morgan fingerprint density at radius 2 is 0.875 bits per heavy atom. The Morgan fingerprint density at radius 1 is 0.542 bits per heavy atom. The summed E-state index contributed by atoms with van der Waals surface area (Å²) >= 11 is -4.89. The summed E-state index contributed by atoms with van der Waals surface area (Å²) in [5.74, 6) is 0. The summed E-state index contributed by atoms with van der Waals surface area (Å²) < 4.78 is 26.2. The number of hydrogen-bond donors (Lipinski definition) is 4. The van der Waals surface area contributed by atoms with Gasteiger partial charge in [0.25, 0.3) is 0 Å². The zero-order chi connectivity index (χ0) is 18.2. The Bertz CT molecular complexity index is 317. The Balaban J connectivity index is 4.94. The van der Waals surface area contributed by atoms with Gasteiger partial charge in [0.15, 0.2) is 0 Å². The molecule has 0 spiro atoms. The molecule has 0 aliphatic heterocycles. The monoisotopic (exact) mass is 388 g/mol. The van der Waals surface area contributed by atoms with Crippen LogP contribution in [-0.4, -0.2) is 60.1 Å². The summed E-state index contributed by atoms with van der Waals surface area (Å²) in [6.45, 7) is 0.760. The summed E-state index contributed by atoms with van der Waals surface area (Å²) in [7, 11) is 0. The topological polar surface area (TPSA) is 116 Å². The first-order valence-corrected chi connectivity index (χ1v) is 13.3. The summed E-state index contributed by atoms with van der Waals surface area (Å²) in [4.78, 5) is 0. The zero-order valence-electron chi connectivity index (χ0n) is 14.8. The fraction of sp³-hybridized carbons (Fsp3) is 1.00. The van der Waals surface area contributed by atoms with E-state index in [0.717, 1.165) is 0 Å². The van der Waals surface area contributed by atoms with Crippen molar-refractivity contribution in [2.45, 2.75) is 60.8 Å². The number of aliphatic hydroxyl groups excluding tert-OH is 4. The average Bonchev–Trinajstić information content (AvgIpc) is 2.57. The van der Waals surface area contributed by atoms with Gasteiger partial charge < -0.3 is 0 Å². The fourth-order valence-corrected chi connectivity index (χ4v) is 8.85. The van der Waals surface area contributed by atoms with Gasteiger partial charge in [0, 0.05) is 0 Å². The predicted octanol–water partition coefficient (Wildman–Crippen LogP) is 1.81. The number of hydrogen-bond acceptors (Lipinski definition) is 7. The van der Waals surface area contributed by atoms with Crippen LogP contribution in [0.2, 0.25) is 9.45 Å². The van der Waals surface area contributed by atoms with Crippen LogP contribution in [0, 0.1) is 0 Å². The molecule has 146 valence electrons. The van der Waals surface area contributed by atoms with E-state index in [2.05, 4.69) is 0 Å². The van der Waals surface area contributed by atoms with Crippen LogP contribution in [0.3, 0.4) is 0 Å². The molecule has 0 unspecified atom stereocenters. The van der Waals surface area contributed by atoms with Crippen LogP contribution >= 0.6 is 0 Å². The molecule has 0 aliphatic carbocycles. The Morgan fingerprint density at radius 3 is 1.21 bits per heavy atom. The van der Waals surface area contributed by atoms with E-state index in [0.29, 0.717) is 60.8 Å². The fourth-order valence-electron chi connectivity index (χ4n) is 2.64. The van der Waals surface area contributed by atoms with Crippen LogP contribution in [0.25, 0.3) is 0 Å². The van der Waals surface area contributed by atoms with Crippen molar-refractivity contribution < 1.29 is 46.4 Å². The molecule has 0 rings (SSSR count). The predicted molar refractivity (Wildman–Crippen MR) is 87.5 cm³/mol. The van der Waals surface area contributed by atoms with Crippen molar-refractivity contribution in [2.75, 3.05) is 39.6 Å². The van der Waals surface area contributed by atoms with Gasteiger partial charge in [-0.1, -0.05) is 0 Å². The molecule has 7 nitrogen and oxygen atoms in total. The van der Waals surface area contributed by atoms with Crippen molar-refractivity contribution >= 4 is 0 Å². The molecule has 0 aliphatic rings. The quantitative estimate of drug-likeness (QED) is 0.209. The van der Waals surface area contributed by atoms with E-state index in [9.17, 15) is 3.32 Å². The van der Waals surface area contributed by atoms with Crippen LogP contribution in [0.4, 0.5) is 0 Å². The second kappa shape index (κ2) is 14.4. The first-order valence-electron chi connectivity index (χ1n) is 9.16. The van der Waals surface area contributed by atoms with E-state index < -0.39 is 16.1 Å². The molecule has 0 aromatic rings. The summed E-state index contributed by atoms with van der Waals surface area (Å²) in [5.41, 5.74) is 0. The molecular formula is C16H36O7Ti. The van der Waals surface area contributed by atoms with Crippen molar-refractivity contribution in [2.24, 2.45) is 0 Å². The van der Waals surface area contributed by atoms with Crippen molar-refractivity contribution in [3.8, 4) is 0 Å².